The molecular weight excluding hydrogens is 452 g/mol. The molecule has 3 aromatic rings. The second-order valence-electron chi connectivity index (χ2n) is 7.80. The van der Waals surface area contributed by atoms with Gasteiger partial charge in [-0.05, 0) is 25.1 Å². The monoisotopic (exact) mass is 472 g/mol. The number of hydrogen-bond donors (Lipinski definition) is 8. The van der Waals surface area contributed by atoms with Crippen molar-refractivity contribution in [1.29, 1.82) is 0 Å². The topological polar surface area (TPSA) is 197 Å². The first kappa shape index (κ1) is 22.5. The molecule has 0 amide bonds. The van der Waals surface area contributed by atoms with Crippen molar-refractivity contribution in [3.05, 3.63) is 52.6 Å². The molecule has 3 aromatic carbocycles. The molecule has 0 saturated heterocycles. The predicted octanol–water partition coefficient (Wildman–Crippen LogP) is 2.54. The van der Waals surface area contributed by atoms with Crippen LogP contribution in [-0.2, 0) is 11.2 Å². The van der Waals surface area contributed by atoms with Gasteiger partial charge >= 0.3 is 5.97 Å². The van der Waals surface area contributed by atoms with E-state index in [1.807, 2.05) is 0 Å². The molecule has 0 bridgehead atoms. The maximum atomic E-state index is 12.8. The number of rotatable bonds is 3. The van der Waals surface area contributed by atoms with Gasteiger partial charge in [0.05, 0.1) is 5.56 Å². The van der Waals surface area contributed by atoms with E-state index in [1.165, 1.54) is 13.0 Å². The maximum absolute atomic E-state index is 12.8. The lowest BCUT2D eigenvalue weighted by Crippen LogP contribution is -2.35. The Morgan fingerprint density at radius 2 is 1.44 bits per heavy atom. The van der Waals surface area contributed by atoms with Crippen molar-refractivity contribution in [2.24, 2.45) is 0 Å². The van der Waals surface area contributed by atoms with Crippen LogP contribution >= 0.6 is 0 Å². The molecule has 1 heterocycles. The van der Waals surface area contributed by atoms with Gasteiger partial charge < -0.3 is 50.3 Å². The third-order valence-electron chi connectivity index (χ3n) is 5.58. The number of carbonyl (C=O) groups excluding carboxylic acids is 1. The van der Waals surface area contributed by atoms with Crippen LogP contribution in [0.4, 0.5) is 0 Å². The Kier molecular flexibility index (Phi) is 5.32. The average molecular weight is 472 g/mol. The Balaban J connectivity index is 1.79. The third kappa shape index (κ3) is 3.72. The molecule has 0 saturated carbocycles. The summed E-state index contributed by atoms with van der Waals surface area (Å²) in [6.07, 6.45) is -2.50. The van der Waals surface area contributed by atoms with Crippen LogP contribution in [0.3, 0.4) is 0 Å². The fraction of sp³-hybridized carbons (Fsp3) is 0.174. The van der Waals surface area contributed by atoms with Gasteiger partial charge in [0.25, 0.3) is 0 Å². The summed E-state index contributed by atoms with van der Waals surface area (Å²) >= 11 is 0. The van der Waals surface area contributed by atoms with Crippen molar-refractivity contribution in [3.8, 4) is 51.7 Å². The molecular formula is C23H20O11. The first-order chi connectivity index (χ1) is 16.0. The van der Waals surface area contributed by atoms with E-state index in [1.54, 1.807) is 0 Å². The zero-order valence-corrected chi connectivity index (χ0v) is 17.6. The van der Waals surface area contributed by atoms with Crippen molar-refractivity contribution in [2.75, 3.05) is 0 Å². The van der Waals surface area contributed by atoms with Crippen LogP contribution in [0.25, 0.3) is 0 Å². The molecule has 1 aliphatic heterocycles. The van der Waals surface area contributed by atoms with E-state index in [0.717, 1.165) is 24.3 Å². The normalized spacial score (nSPS) is 17.0. The zero-order valence-electron chi connectivity index (χ0n) is 17.6. The van der Waals surface area contributed by atoms with E-state index < -0.39 is 52.7 Å². The SMILES string of the molecule is Cc1c([C@@H]2Oc3cc(O)cc(O)c3C[C@H]2OC(=O)c2cc(O)c(O)c(O)c2)cc(O)c(O)c1O. The van der Waals surface area contributed by atoms with Crippen LogP contribution < -0.4 is 4.74 Å². The van der Waals surface area contributed by atoms with Crippen molar-refractivity contribution in [1.82, 2.24) is 0 Å². The number of phenols is 8. The Bertz CT molecular complexity index is 1290. The number of phenolic OH excluding ortho intramolecular Hbond substituents is 8. The molecule has 0 aliphatic carbocycles. The molecule has 178 valence electrons. The van der Waals surface area contributed by atoms with Crippen molar-refractivity contribution >= 4 is 5.97 Å². The maximum Gasteiger partial charge on any atom is 0.338 e. The van der Waals surface area contributed by atoms with Gasteiger partial charge in [0, 0.05) is 35.2 Å². The molecule has 0 radical (unpaired) electrons. The lowest BCUT2D eigenvalue weighted by Gasteiger charge is -2.34. The number of hydrogen-bond acceptors (Lipinski definition) is 11. The lowest BCUT2D eigenvalue weighted by atomic mass is 9.91. The molecule has 11 nitrogen and oxygen atoms in total. The van der Waals surface area contributed by atoms with Crippen molar-refractivity contribution in [3.63, 3.8) is 0 Å². The van der Waals surface area contributed by atoms with Gasteiger partial charge in [0.2, 0.25) is 5.75 Å². The fourth-order valence-electron chi connectivity index (χ4n) is 3.80. The summed E-state index contributed by atoms with van der Waals surface area (Å²) in [4.78, 5) is 12.8. The smallest absolute Gasteiger partial charge is 0.338 e. The van der Waals surface area contributed by atoms with Crippen LogP contribution in [0.2, 0.25) is 0 Å². The first-order valence-corrected chi connectivity index (χ1v) is 9.89. The fourth-order valence-corrected chi connectivity index (χ4v) is 3.80. The molecule has 4 rings (SSSR count). The third-order valence-corrected chi connectivity index (χ3v) is 5.58. The van der Waals surface area contributed by atoms with E-state index in [2.05, 4.69) is 0 Å². The summed E-state index contributed by atoms with van der Waals surface area (Å²) in [6, 6.07) is 5.17. The molecule has 0 unspecified atom stereocenters. The summed E-state index contributed by atoms with van der Waals surface area (Å²) in [6.45, 7) is 1.43. The highest BCUT2D eigenvalue weighted by atomic mass is 16.6. The molecule has 34 heavy (non-hydrogen) atoms. The molecule has 0 fully saturated rings. The predicted molar refractivity (Wildman–Crippen MR) is 114 cm³/mol. The quantitative estimate of drug-likeness (QED) is 0.206. The van der Waals surface area contributed by atoms with E-state index in [0.29, 0.717) is 0 Å². The molecule has 8 N–H and O–H groups in total. The number of esters is 1. The summed E-state index contributed by atoms with van der Waals surface area (Å²) in [5.41, 5.74) is 0.137. The number of fused-ring (bicyclic) bond motifs is 1. The van der Waals surface area contributed by atoms with Crippen LogP contribution in [0.15, 0.2) is 30.3 Å². The highest BCUT2D eigenvalue weighted by Gasteiger charge is 2.38. The van der Waals surface area contributed by atoms with Gasteiger partial charge in [-0.3, -0.25) is 0 Å². The minimum Gasteiger partial charge on any atom is -0.508 e. The minimum atomic E-state index is -1.19. The van der Waals surface area contributed by atoms with Gasteiger partial charge in [-0.25, -0.2) is 4.79 Å². The van der Waals surface area contributed by atoms with Crippen LogP contribution in [-0.4, -0.2) is 52.9 Å². The second kappa shape index (κ2) is 8.03. The first-order valence-electron chi connectivity index (χ1n) is 9.89. The molecule has 0 spiro atoms. The summed E-state index contributed by atoms with van der Waals surface area (Å²) in [5.74, 6) is -5.98. The van der Waals surface area contributed by atoms with E-state index >= 15 is 0 Å². The Morgan fingerprint density at radius 3 is 2.09 bits per heavy atom. The number of benzene rings is 3. The van der Waals surface area contributed by atoms with Gasteiger partial charge in [0.1, 0.15) is 23.4 Å². The molecule has 2 atom stereocenters. The van der Waals surface area contributed by atoms with Gasteiger partial charge in [-0.2, -0.15) is 0 Å². The Morgan fingerprint density at radius 1 is 0.824 bits per heavy atom. The standard InChI is InChI=1S/C23H20O11/c1-8-11(6-16(28)21(31)19(8)29)22-18(7-12-13(25)4-10(24)5-17(12)33-22)34-23(32)9-2-14(26)20(30)15(27)3-9/h2-6,18,22,24-31H,7H2,1H3/t18-,22+/m1/s1. The largest absolute Gasteiger partial charge is 0.508 e. The zero-order chi connectivity index (χ0) is 24.9. The summed E-state index contributed by atoms with van der Waals surface area (Å²) in [7, 11) is 0. The van der Waals surface area contributed by atoms with Gasteiger partial charge in [-0.15, -0.1) is 0 Å². The Labute approximate surface area is 191 Å². The van der Waals surface area contributed by atoms with Gasteiger partial charge in [-0.1, -0.05) is 0 Å². The highest BCUT2D eigenvalue weighted by molar-refractivity contribution is 5.91. The second-order valence-corrected chi connectivity index (χ2v) is 7.80. The highest BCUT2D eigenvalue weighted by Crippen LogP contribution is 2.47. The average Bonchev–Trinajstić information content (AvgIpc) is 2.78. The molecule has 0 aromatic heterocycles. The molecule has 11 heteroatoms. The lowest BCUT2D eigenvalue weighted by molar-refractivity contribution is -0.0191. The van der Waals surface area contributed by atoms with Crippen molar-refractivity contribution < 1.29 is 55.1 Å². The number of ether oxygens (including phenoxy) is 2. The summed E-state index contributed by atoms with van der Waals surface area (Å²) < 4.78 is 11.4. The van der Waals surface area contributed by atoms with Gasteiger partial charge in [0.15, 0.2) is 34.9 Å². The number of aromatic hydroxyl groups is 8. The summed E-state index contributed by atoms with van der Waals surface area (Å²) in [5, 5.41) is 79.0. The minimum absolute atomic E-state index is 0.0566. The van der Waals surface area contributed by atoms with Crippen molar-refractivity contribution in [2.45, 2.75) is 25.6 Å². The van der Waals surface area contributed by atoms with Crippen LogP contribution in [0, 0.1) is 6.92 Å². The Hall–Kier alpha value is -4.67. The van der Waals surface area contributed by atoms with E-state index in [9.17, 15) is 45.6 Å². The molecule has 1 aliphatic rings. The van der Waals surface area contributed by atoms with E-state index in [-0.39, 0.29) is 45.9 Å². The van der Waals surface area contributed by atoms with Crippen LogP contribution in [0.1, 0.15) is 33.2 Å². The number of carbonyl (C=O) groups is 1. The van der Waals surface area contributed by atoms with E-state index in [4.69, 9.17) is 9.47 Å². The van der Waals surface area contributed by atoms with Crippen LogP contribution in [0.5, 0.6) is 51.7 Å².